The second-order valence-electron chi connectivity index (χ2n) is 7.86. The minimum Gasteiger partial charge on any atom is -0.562 e. The first-order valence-electron chi connectivity index (χ1n) is 10.1. The molecule has 0 spiro atoms. The number of aromatic nitrogens is 1. The molecule has 1 aliphatic heterocycles. The van der Waals surface area contributed by atoms with Crippen LogP contribution in [0.1, 0.15) is 5.56 Å². The van der Waals surface area contributed by atoms with Crippen LogP contribution in [-0.2, 0) is 6.54 Å². The zero-order valence-corrected chi connectivity index (χ0v) is 16.6. The van der Waals surface area contributed by atoms with Crippen molar-refractivity contribution < 1.29 is 19.4 Å². The SMILES string of the molecule is [O-]c1nc2cccc(N3CC[N+](O)(Cc4cccc(-c5ccccc5)c4)CC3)c2o1. The van der Waals surface area contributed by atoms with E-state index in [1.807, 2.05) is 36.4 Å². The van der Waals surface area contributed by atoms with Gasteiger partial charge in [-0.15, -0.1) is 0 Å². The number of oxazole rings is 1. The molecule has 1 aliphatic rings. The molecule has 1 N–H and O–H groups in total. The smallest absolute Gasteiger partial charge is 0.156 e. The van der Waals surface area contributed by atoms with Crippen LogP contribution in [0.2, 0.25) is 0 Å². The number of benzene rings is 3. The van der Waals surface area contributed by atoms with Gasteiger partial charge in [0.25, 0.3) is 0 Å². The molecule has 30 heavy (non-hydrogen) atoms. The Labute approximate surface area is 174 Å². The maximum absolute atomic E-state index is 11.5. The van der Waals surface area contributed by atoms with Gasteiger partial charge in [0.1, 0.15) is 19.6 Å². The lowest BCUT2D eigenvalue weighted by molar-refractivity contribution is -1.11. The third-order valence-electron chi connectivity index (χ3n) is 5.80. The van der Waals surface area contributed by atoms with Crippen molar-refractivity contribution >= 4 is 16.8 Å². The van der Waals surface area contributed by atoms with E-state index in [1.165, 1.54) is 5.56 Å². The summed E-state index contributed by atoms with van der Waals surface area (Å²) in [5, 5.41) is 22.7. The molecule has 5 rings (SSSR count). The highest BCUT2D eigenvalue weighted by atomic mass is 16.5. The molecule has 152 valence electrons. The number of para-hydroxylation sites is 1. The fraction of sp³-hybridized carbons (Fsp3) is 0.208. The van der Waals surface area contributed by atoms with E-state index < -0.39 is 6.08 Å². The second kappa shape index (κ2) is 7.48. The number of anilines is 1. The quantitative estimate of drug-likeness (QED) is 0.527. The number of nitrogens with zero attached hydrogens (tertiary/aromatic N) is 3. The van der Waals surface area contributed by atoms with Gasteiger partial charge in [0.05, 0.1) is 29.9 Å². The van der Waals surface area contributed by atoms with Crippen molar-refractivity contribution in [2.45, 2.75) is 6.54 Å². The van der Waals surface area contributed by atoms with Gasteiger partial charge in [-0.1, -0.05) is 54.6 Å². The van der Waals surface area contributed by atoms with Gasteiger partial charge < -0.3 is 14.4 Å². The van der Waals surface area contributed by atoms with Crippen LogP contribution >= 0.6 is 0 Å². The molecule has 1 fully saturated rings. The van der Waals surface area contributed by atoms with Gasteiger partial charge in [-0.3, -0.25) is 0 Å². The van der Waals surface area contributed by atoms with Crippen LogP contribution in [-0.4, -0.2) is 41.0 Å². The molecule has 6 heteroatoms. The van der Waals surface area contributed by atoms with Gasteiger partial charge in [0, 0.05) is 5.56 Å². The van der Waals surface area contributed by atoms with Gasteiger partial charge in [0.2, 0.25) is 0 Å². The molecule has 0 radical (unpaired) electrons. The lowest BCUT2D eigenvalue weighted by Gasteiger charge is -2.39. The van der Waals surface area contributed by atoms with Crippen LogP contribution in [0.15, 0.2) is 77.2 Å². The molecule has 0 bridgehead atoms. The van der Waals surface area contributed by atoms with E-state index in [4.69, 9.17) is 4.42 Å². The Morgan fingerprint density at radius 1 is 0.933 bits per heavy atom. The van der Waals surface area contributed by atoms with Gasteiger partial charge in [-0.05, 0) is 29.3 Å². The first kappa shape index (κ1) is 18.7. The molecular formula is C24H23N3O3. The summed E-state index contributed by atoms with van der Waals surface area (Å²) in [6.07, 6.45) is -0.569. The van der Waals surface area contributed by atoms with Gasteiger partial charge >= 0.3 is 0 Å². The first-order chi connectivity index (χ1) is 14.6. The number of rotatable bonds is 4. The second-order valence-corrected chi connectivity index (χ2v) is 7.86. The molecule has 6 nitrogen and oxygen atoms in total. The predicted octanol–water partition coefficient (Wildman–Crippen LogP) is 3.79. The van der Waals surface area contributed by atoms with E-state index in [2.05, 4.69) is 40.2 Å². The van der Waals surface area contributed by atoms with Crippen molar-refractivity contribution in [3.05, 3.63) is 78.4 Å². The molecule has 1 aromatic heterocycles. The standard InChI is InChI=1S/C24H23N3O3/c28-24-25-21-10-5-11-22(23(21)30-24)26-12-14-27(29,15-13-26)17-18-6-4-9-20(16-18)19-7-2-1-3-8-19/h1-11,16,29H,12-15,17H2. The summed E-state index contributed by atoms with van der Waals surface area (Å²) in [6, 6.07) is 24.2. The minimum atomic E-state index is -0.569. The molecular weight excluding hydrogens is 378 g/mol. The Morgan fingerprint density at radius 2 is 1.67 bits per heavy atom. The summed E-state index contributed by atoms with van der Waals surface area (Å²) in [7, 11) is 0. The van der Waals surface area contributed by atoms with Gasteiger partial charge in [-0.25, -0.2) is 10.2 Å². The summed E-state index contributed by atoms with van der Waals surface area (Å²) >= 11 is 0. The molecule has 2 heterocycles. The van der Waals surface area contributed by atoms with Crippen LogP contribution in [0, 0.1) is 0 Å². The van der Waals surface area contributed by atoms with E-state index in [-0.39, 0.29) is 4.65 Å². The number of hydrogen-bond acceptors (Lipinski definition) is 5. The lowest BCUT2D eigenvalue weighted by Crippen LogP contribution is -2.57. The first-order valence-corrected chi connectivity index (χ1v) is 10.1. The highest BCUT2D eigenvalue weighted by Crippen LogP contribution is 2.31. The number of piperazine rings is 1. The highest BCUT2D eigenvalue weighted by Gasteiger charge is 2.33. The fourth-order valence-corrected chi connectivity index (χ4v) is 4.22. The van der Waals surface area contributed by atoms with E-state index in [0.29, 0.717) is 43.8 Å². The summed E-state index contributed by atoms with van der Waals surface area (Å²) in [5.41, 5.74) is 5.40. The van der Waals surface area contributed by atoms with Gasteiger partial charge in [0.15, 0.2) is 6.08 Å². The van der Waals surface area contributed by atoms with Crippen LogP contribution in [0.25, 0.3) is 22.2 Å². The van der Waals surface area contributed by atoms with Crippen molar-refractivity contribution in [3.63, 3.8) is 0 Å². The van der Waals surface area contributed by atoms with E-state index >= 15 is 0 Å². The maximum atomic E-state index is 11.5. The van der Waals surface area contributed by atoms with Crippen LogP contribution < -0.4 is 10.0 Å². The van der Waals surface area contributed by atoms with Gasteiger partial charge in [-0.2, -0.15) is 4.65 Å². The Balaban J connectivity index is 1.31. The fourth-order valence-electron chi connectivity index (χ4n) is 4.22. The monoisotopic (exact) mass is 401 g/mol. The Kier molecular flexibility index (Phi) is 4.65. The summed E-state index contributed by atoms with van der Waals surface area (Å²) in [5.74, 6) is 0. The Bertz CT molecular complexity index is 1160. The molecule has 0 atom stereocenters. The van der Waals surface area contributed by atoms with Crippen molar-refractivity contribution in [2.75, 3.05) is 31.1 Å². The summed E-state index contributed by atoms with van der Waals surface area (Å²) in [6.45, 7) is 3.08. The molecule has 1 saturated heterocycles. The van der Waals surface area contributed by atoms with Crippen molar-refractivity contribution in [1.29, 1.82) is 0 Å². The van der Waals surface area contributed by atoms with E-state index in [9.17, 15) is 10.3 Å². The maximum Gasteiger partial charge on any atom is 0.156 e. The molecule has 0 unspecified atom stereocenters. The molecule has 0 amide bonds. The lowest BCUT2D eigenvalue weighted by atomic mass is 10.0. The number of hydrogen-bond donors (Lipinski definition) is 1. The van der Waals surface area contributed by atoms with Crippen molar-refractivity contribution in [1.82, 2.24) is 4.98 Å². The Hall–Kier alpha value is -3.35. The largest absolute Gasteiger partial charge is 0.562 e. The average molecular weight is 401 g/mol. The molecule has 3 aromatic carbocycles. The number of fused-ring (bicyclic) bond motifs is 1. The van der Waals surface area contributed by atoms with E-state index in [0.717, 1.165) is 16.8 Å². The highest BCUT2D eigenvalue weighted by molar-refractivity contribution is 5.87. The number of hydroxylamine groups is 3. The Morgan fingerprint density at radius 3 is 2.47 bits per heavy atom. The van der Waals surface area contributed by atoms with Crippen molar-refractivity contribution in [3.8, 4) is 17.2 Å². The van der Waals surface area contributed by atoms with Crippen LogP contribution in [0.3, 0.4) is 0 Å². The van der Waals surface area contributed by atoms with E-state index in [1.54, 1.807) is 6.07 Å². The summed E-state index contributed by atoms with van der Waals surface area (Å²) in [4.78, 5) is 6.04. The molecule has 0 aliphatic carbocycles. The van der Waals surface area contributed by atoms with Crippen LogP contribution in [0.5, 0.6) is 6.08 Å². The molecule has 0 saturated carbocycles. The van der Waals surface area contributed by atoms with Crippen LogP contribution in [0.4, 0.5) is 5.69 Å². The van der Waals surface area contributed by atoms with Crippen molar-refractivity contribution in [2.24, 2.45) is 0 Å². The topological polar surface area (TPSA) is 72.6 Å². The predicted molar refractivity (Wildman–Crippen MR) is 113 cm³/mol. The average Bonchev–Trinajstić information content (AvgIpc) is 3.15. The number of quaternary nitrogens is 1. The normalized spacial score (nSPS) is 16.1. The third kappa shape index (κ3) is 3.63. The molecule has 4 aromatic rings. The zero-order valence-electron chi connectivity index (χ0n) is 16.6. The summed E-state index contributed by atoms with van der Waals surface area (Å²) < 4.78 is 5.27. The minimum absolute atomic E-state index is 0.00602. The third-order valence-corrected chi connectivity index (χ3v) is 5.80. The zero-order chi connectivity index (χ0) is 20.6.